The molecule has 2 aliphatic heterocycles. The van der Waals surface area contributed by atoms with Crippen molar-refractivity contribution in [2.24, 2.45) is 35.5 Å². The average Bonchev–Trinajstić information content (AvgIpc) is 3.08. The number of likely N-dealkylation sites (tertiary alicyclic amines) is 2. The van der Waals surface area contributed by atoms with E-state index in [1.807, 2.05) is 9.80 Å². The van der Waals surface area contributed by atoms with Gasteiger partial charge in [0.05, 0.1) is 6.42 Å². The van der Waals surface area contributed by atoms with Crippen LogP contribution in [0.4, 0.5) is 0 Å². The highest BCUT2D eigenvalue weighted by atomic mass is 16.4. The molecule has 2 fully saturated rings. The van der Waals surface area contributed by atoms with Gasteiger partial charge in [-0.1, -0.05) is 41.5 Å². The van der Waals surface area contributed by atoms with Crippen molar-refractivity contribution in [2.75, 3.05) is 13.1 Å². The van der Waals surface area contributed by atoms with Gasteiger partial charge in [-0.2, -0.15) is 0 Å². The van der Waals surface area contributed by atoms with E-state index in [2.05, 4.69) is 41.5 Å². The SMILES string of the molecule is CC(C)CC(CC(=O)O)C(N1C[C@@H](CC(C)C)CC1=O)N1C[C@@H](CC(C)C)CC1=O. The summed E-state index contributed by atoms with van der Waals surface area (Å²) in [6.45, 7) is 14.1. The molecular formula is C24H42N2O4. The quantitative estimate of drug-likeness (QED) is 0.540. The molecule has 3 atom stereocenters. The Morgan fingerprint density at radius 1 is 0.867 bits per heavy atom. The lowest BCUT2D eigenvalue weighted by molar-refractivity contribution is -0.149. The predicted molar refractivity (Wildman–Crippen MR) is 118 cm³/mol. The number of hydrogen-bond acceptors (Lipinski definition) is 3. The second kappa shape index (κ2) is 10.6. The van der Waals surface area contributed by atoms with E-state index in [0.29, 0.717) is 50.1 Å². The summed E-state index contributed by atoms with van der Waals surface area (Å²) >= 11 is 0. The number of carbonyl (C=O) groups excluding carboxylic acids is 2. The fourth-order valence-electron chi connectivity index (χ4n) is 5.60. The normalized spacial score (nSPS) is 23.7. The minimum atomic E-state index is -0.860. The topological polar surface area (TPSA) is 77.9 Å². The van der Waals surface area contributed by atoms with Crippen molar-refractivity contribution in [1.29, 1.82) is 0 Å². The Hall–Kier alpha value is -1.59. The number of carbonyl (C=O) groups is 3. The molecule has 0 saturated carbocycles. The van der Waals surface area contributed by atoms with E-state index in [4.69, 9.17) is 0 Å². The number of nitrogens with zero attached hydrogens (tertiary/aromatic N) is 2. The predicted octanol–water partition coefficient (Wildman–Crippen LogP) is 4.24. The van der Waals surface area contributed by atoms with E-state index >= 15 is 0 Å². The van der Waals surface area contributed by atoms with Gasteiger partial charge in [0.2, 0.25) is 11.8 Å². The van der Waals surface area contributed by atoms with Crippen LogP contribution in [-0.2, 0) is 14.4 Å². The lowest BCUT2D eigenvalue weighted by Gasteiger charge is -2.41. The Labute approximate surface area is 182 Å². The first-order valence-corrected chi connectivity index (χ1v) is 11.8. The molecule has 1 unspecified atom stereocenters. The van der Waals surface area contributed by atoms with Gasteiger partial charge in [-0.25, -0.2) is 0 Å². The number of carboxylic acids is 1. The number of amides is 2. The van der Waals surface area contributed by atoms with Crippen LogP contribution in [0.15, 0.2) is 0 Å². The van der Waals surface area contributed by atoms with Crippen LogP contribution >= 0.6 is 0 Å². The van der Waals surface area contributed by atoms with Gasteiger partial charge in [0.15, 0.2) is 0 Å². The summed E-state index contributed by atoms with van der Waals surface area (Å²) in [4.78, 5) is 41.5. The number of rotatable bonds is 11. The molecular weight excluding hydrogens is 380 g/mol. The van der Waals surface area contributed by atoms with Gasteiger partial charge in [-0.15, -0.1) is 0 Å². The first-order valence-electron chi connectivity index (χ1n) is 11.8. The van der Waals surface area contributed by atoms with Crippen LogP contribution in [0.25, 0.3) is 0 Å². The van der Waals surface area contributed by atoms with Gasteiger partial charge in [0.1, 0.15) is 6.17 Å². The fourth-order valence-corrected chi connectivity index (χ4v) is 5.60. The van der Waals surface area contributed by atoms with Crippen LogP contribution in [-0.4, -0.2) is 51.9 Å². The highest BCUT2D eigenvalue weighted by Crippen LogP contribution is 2.36. The van der Waals surface area contributed by atoms with Gasteiger partial charge in [0.25, 0.3) is 0 Å². The summed E-state index contributed by atoms with van der Waals surface area (Å²) < 4.78 is 0. The smallest absolute Gasteiger partial charge is 0.303 e. The molecule has 0 aliphatic carbocycles. The standard InChI is InChI=1S/C24H42N2O4/c1-15(2)7-18-10-21(27)25(13-18)24(20(9-17(5)6)12-23(29)30)26-14-19(8-16(3)4)11-22(26)28/h15-20,24H,7-14H2,1-6H3,(H,29,30)/t18-,19-,20?/m0/s1. The molecule has 0 aromatic heterocycles. The van der Waals surface area contributed by atoms with Crippen molar-refractivity contribution in [3.63, 3.8) is 0 Å². The third-order valence-corrected chi connectivity index (χ3v) is 6.36. The maximum absolute atomic E-state index is 13.0. The minimum Gasteiger partial charge on any atom is -0.481 e. The molecule has 2 aliphatic rings. The number of carboxylic acid groups (broad SMARTS) is 1. The molecule has 30 heavy (non-hydrogen) atoms. The van der Waals surface area contributed by atoms with Crippen molar-refractivity contribution < 1.29 is 19.5 Å². The van der Waals surface area contributed by atoms with E-state index in [1.54, 1.807) is 0 Å². The van der Waals surface area contributed by atoms with E-state index in [-0.39, 0.29) is 36.0 Å². The van der Waals surface area contributed by atoms with E-state index in [0.717, 1.165) is 12.8 Å². The molecule has 1 N–H and O–H groups in total. The zero-order valence-electron chi connectivity index (χ0n) is 19.8. The van der Waals surface area contributed by atoms with Gasteiger partial charge < -0.3 is 14.9 Å². The maximum atomic E-state index is 13.0. The van der Waals surface area contributed by atoms with Crippen LogP contribution in [0.3, 0.4) is 0 Å². The molecule has 6 heteroatoms. The maximum Gasteiger partial charge on any atom is 0.303 e. The third kappa shape index (κ3) is 6.71. The van der Waals surface area contributed by atoms with Gasteiger partial charge in [0, 0.05) is 31.8 Å². The summed E-state index contributed by atoms with van der Waals surface area (Å²) in [5.74, 6) is 0.931. The van der Waals surface area contributed by atoms with Crippen molar-refractivity contribution in [3.8, 4) is 0 Å². The highest BCUT2D eigenvalue weighted by molar-refractivity contribution is 5.82. The number of hydrogen-bond donors (Lipinski definition) is 1. The molecule has 0 aromatic carbocycles. The molecule has 6 nitrogen and oxygen atoms in total. The summed E-state index contributed by atoms with van der Waals surface area (Å²) in [7, 11) is 0. The largest absolute Gasteiger partial charge is 0.481 e. The Kier molecular flexibility index (Phi) is 8.74. The second-order valence-electron chi connectivity index (χ2n) is 10.9. The van der Waals surface area contributed by atoms with E-state index in [1.165, 1.54) is 0 Å². The molecule has 0 bridgehead atoms. The van der Waals surface area contributed by atoms with Crippen LogP contribution in [0, 0.1) is 35.5 Å². The Morgan fingerprint density at radius 3 is 1.63 bits per heavy atom. The molecule has 2 rings (SSSR count). The van der Waals surface area contributed by atoms with Crippen LogP contribution in [0.5, 0.6) is 0 Å². The summed E-state index contributed by atoms with van der Waals surface area (Å²) in [5, 5.41) is 9.60. The van der Waals surface area contributed by atoms with Crippen LogP contribution < -0.4 is 0 Å². The van der Waals surface area contributed by atoms with Gasteiger partial charge in [-0.3, -0.25) is 14.4 Å². The van der Waals surface area contributed by atoms with Crippen molar-refractivity contribution in [3.05, 3.63) is 0 Å². The molecule has 2 saturated heterocycles. The van der Waals surface area contributed by atoms with Gasteiger partial charge >= 0.3 is 5.97 Å². The highest BCUT2D eigenvalue weighted by Gasteiger charge is 2.45. The molecule has 0 spiro atoms. The molecule has 172 valence electrons. The van der Waals surface area contributed by atoms with E-state index < -0.39 is 12.1 Å². The van der Waals surface area contributed by atoms with E-state index in [9.17, 15) is 19.5 Å². The zero-order valence-corrected chi connectivity index (χ0v) is 19.8. The summed E-state index contributed by atoms with van der Waals surface area (Å²) in [5.41, 5.74) is 0. The lowest BCUT2D eigenvalue weighted by Crippen LogP contribution is -2.54. The molecule has 2 amide bonds. The molecule has 0 radical (unpaired) electrons. The Morgan fingerprint density at radius 2 is 1.30 bits per heavy atom. The number of aliphatic carboxylic acids is 1. The second-order valence-corrected chi connectivity index (χ2v) is 10.9. The summed E-state index contributed by atoms with van der Waals surface area (Å²) in [6.07, 6.45) is 3.22. The fraction of sp³-hybridized carbons (Fsp3) is 0.875. The molecule has 0 aromatic rings. The Balaban J connectivity index is 2.33. The van der Waals surface area contributed by atoms with Crippen LogP contribution in [0.1, 0.15) is 80.1 Å². The Bertz CT molecular complexity index is 578. The molecule has 2 heterocycles. The van der Waals surface area contributed by atoms with Crippen molar-refractivity contribution >= 4 is 17.8 Å². The minimum absolute atomic E-state index is 0.0138. The van der Waals surface area contributed by atoms with Crippen molar-refractivity contribution in [2.45, 2.75) is 86.2 Å². The van der Waals surface area contributed by atoms with Crippen molar-refractivity contribution in [1.82, 2.24) is 9.80 Å². The third-order valence-electron chi connectivity index (χ3n) is 6.36. The first-order chi connectivity index (χ1) is 14.0. The van der Waals surface area contributed by atoms with Gasteiger partial charge in [-0.05, 0) is 48.9 Å². The monoisotopic (exact) mass is 422 g/mol. The first kappa shape index (κ1) is 24.7. The summed E-state index contributed by atoms with van der Waals surface area (Å²) in [6, 6.07) is 0. The lowest BCUT2D eigenvalue weighted by atomic mass is 9.89. The average molecular weight is 423 g/mol. The van der Waals surface area contributed by atoms with Crippen LogP contribution in [0.2, 0.25) is 0 Å². The zero-order chi connectivity index (χ0) is 22.6.